The summed E-state index contributed by atoms with van der Waals surface area (Å²) in [6, 6.07) is 0. The average molecular weight is 399 g/mol. The van der Waals surface area contributed by atoms with Crippen molar-refractivity contribution in [1.82, 2.24) is 0 Å². The Balaban J connectivity index is 3.98. The van der Waals surface area contributed by atoms with Crippen LogP contribution in [0, 0.1) is 5.92 Å². The predicted octanol–water partition coefficient (Wildman–Crippen LogP) is 7.29. The quantitative estimate of drug-likeness (QED) is 0.163. The first-order valence-electron chi connectivity index (χ1n) is 12.0. The molecule has 0 aromatic rings. The van der Waals surface area contributed by atoms with E-state index in [0.717, 1.165) is 32.1 Å². The number of rotatable bonds is 21. The average Bonchev–Trinajstić information content (AvgIpc) is 2.67. The number of aliphatic carboxylic acids is 1. The van der Waals surface area contributed by atoms with Crippen LogP contribution in [0.15, 0.2) is 0 Å². The Bertz CT molecular complexity index is 368. The van der Waals surface area contributed by atoms with Crippen LogP contribution in [0.3, 0.4) is 0 Å². The first-order valence-corrected chi connectivity index (χ1v) is 12.0. The van der Waals surface area contributed by atoms with Gasteiger partial charge in [-0.3, -0.25) is 9.59 Å². The third kappa shape index (κ3) is 18.3. The summed E-state index contributed by atoms with van der Waals surface area (Å²) in [5.41, 5.74) is 0. The van der Waals surface area contributed by atoms with Gasteiger partial charge in [0.15, 0.2) is 0 Å². The SMILES string of the molecule is CCCCCCCCCOC(=O)C(CCCCCCCCC)CCCC(=O)O. The Morgan fingerprint density at radius 3 is 1.68 bits per heavy atom. The first kappa shape index (κ1) is 26.9. The maximum atomic E-state index is 12.4. The van der Waals surface area contributed by atoms with Crippen molar-refractivity contribution in [2.75, 3.05) is 6.61 Å². The molecule has 1 unspecified atom stereocenters. The van der Waals surface area contributed by atoms with Gasteiger partial charge in [-0.05, 0) is 25.7 Å². The highest BCUT2D eigenvalue weighted by atomic mass is 16.5. The van der Waals surface area contributed by atoms with Gasteiger partial charge in [0, 0.05) is 6.42 Å². The van der Waals surface area contributed by atoms with E-state index in [1.165, 1.54) is 64.2 Å². The van der Waals surface area contributed by atoms with Gasteiger partial charge in [0.1, 0.15) is 0 Å². The molecule has 0 aromatic heterocycles. The number of hydrogen-bond donors (Lipinski definition) is 1. The van der Waals surface area contributed by atoms with Crippen molar-refractivity contribution in [3.8, 4) is 0 Å². The molecule has 4 heteroatoms. The van der Waals surface area contributed by atoms with Crippen LogP contribution in [-0.4, -0.2) is 23.7 Å². The van der Waals surface area contributed by atoms with E-state index in [2.05, 4.69) is 13.8 Å². The normalized spacial score (nSPS) is 12.1. The fraction of sp³-hybridized carbons (Fsp3) is 0.917. The molecule has 0 saturated carbocycles. The van der Waals surface area contributed by atoms with Gasteiger partial charge < -0.3 is 9.84 Å². The minimum absolute atomic E-state index is 0.109. The van der Waals surface area contributed by atoms with Gasteiger partial charge in [-0.2, -0.15) is 0 Å². The molecule has 0 aromatic carbocycles. The van der Waals surface area contributed by atoms with Gasteiger partial charge in [0.05, 0.1) is 12.5 Å². The maximum absolute atomic E-state index is 12.4. The summed E-state index contributed by atoms with van der Waals surface area (Å²) in [4.78, 5) is 23.2. The molecule has 0 aliphatic carbocycles. The zero-order valence-corrected chi connectivity index (χ0v) is 18.7. The van der Waals surface area contributed by atoms with Gasteiger partial charge >= 0.3 is 11.9 Å². The molecule has 0 radical (unpaired) electrons. The summed E-state index contributed by atoms with van der Waals surface area (Å²) in [7, 11) is 0. The molecule has 0 fully saturated rings. The van der Waals surface area contributed by atoms with Crippen LogP contribution >= 0.6 is 0 Å². The van der Waals surface area contributed by atoms with Crippen LogP contribution in [-0.2, 0) is 14.3 Å². The molecule has 0 saturated heterocycles. The molecular weight excluding hydrogens is 352 g/mol. The number of hydrogen-bond acceptors (Lipinski definition) is 3. The minimum Gasteiger partial charge on any atom is -0.481 e. The van der Waals surface area contributed by atoms with E-state index in [4.69, 9.17) is 9.84 Å². The van der Waals surface area contributed by atoms with Crippen molar-refractivity contribution in [2.45, 2.75) is 129 Å². The second-order valence-corrected chi connectivity index (χ2v) is 8.18. The van der Waals surface area contributed by atoms with Gasteiger partial charge in [-0.25, -0.2) is 0 Å². The number of carbonyl (C=O) groups excluding carboxylic acids is 1. The zero-order valence-electron chi connectivity index (χ0n) is 18.7. The summed E-state index contributed by atoms with van der Waals surface area (Å²) in [6.45, 7) is 4.96. The van der Waals surface area contributed by atoms with Crippen molar-refractivity contribution in [3.63, 3.8) is 0 Å². The largest absolute Gasteiger partial charge is 0.481 e. The summed E-state index contributed by atoms with van der Waals surface area (Å²) < 4.78 is 5.51. The Morgan fingerprint density at radius 1 is 0.679 bits per heavy atom. The maximum Gasteiger partial charge on any atom is 0.308 e. The molecule has 4 nitrogen and oxygen atoms in total. The highest BCUT2D eigenvalue weighted by Crippen LogP contribution is 2.20. The highest BCUT2D eigenvalue weighted by Gasteiger charge is 2.19. The van der Waals surface area contributed by atoms with Crippen LogP contribution in [0.1, 0.15) is 129 Å². The molecular formula is C24H46O4. The van der Waals surface area contributed by atoms with Crippen molar-refractivity contribution >= 4 is 11.9 Å². The Morgan fingerprint density at radius 2 is 1.14 bits per heavy atom. The number of carboxylic acids is 1. The molecule has 0 amide bonds. The van der Waals surface area contributed by atoms with Crippen LogP contribution in [0.5, 0.6) is 0 Å². The van der Waals surface area contributed by atoms with Crippen LogP contribution in [0.2, 0.25) is 0 Å². The summed E-state index contributed by atoms with van der Waals surface area (Å²) >= 11 is 0. The van der Waals surface area contributed by atoms with E-state index in [0.29, 0.717) is 19.4 Å². The number of carbonyl (C=O) groups is 2. The molecule has 1 atom stereocenters. The number of esters is 1. The third-order valence-corrected chi connectivity index (χ3v) is 5.42. The van der Waals surface area contributed by atoms with Gasteiger partial charge in [0.25, 0.3) is 0 Å². The number of unbranched alkanes of at least 4 members (excludes halogenated alkanes) is 12. The Kier molecular flexibility index (Phi) is 19.9. The topological polar surface area (TPSA) is 63.6 Å². The molecule has 0 aliphatic heterocycles. The summed E-state index contributed by atoms with van der Waals surface area (Å²) in [5, 5.41) is 8.84. The van der Waals surface area contributed by atoms with Crippen molar-refractivity contribution in [1.29, 1.82) is 0 Å². The monoisotopic (exact) mass is 398 g/mol. The number of carboxylic acid groups (broad SMARTS) is 1. The molecule has 0 bridgehead atoms. The lowest BCUT2D eigenvalue weighted by atomic mass is 9.95. The van der Waals surface area contributed by atoms with Crippen LogP contribution in [0.25, 0.3) is 0 Å². The van der Waals surface area contributed by atoms with E-state index >= 15 is 0 Å². The lowest BCUT2D eigenvalue weighted by Gasteiger charge is -2.16. The van der Waals surface area contributed by atoms with E-state index < -0.39 is 5.97 Å². The minimum atomic E-state index is -0.786. The smallest absolute Gasteiger partial charge is 0.308 e. The lowest BCUT2D eigenvalue weighted by molar-refractivity contribution is -0.149. The molecule has 28 heavy (non-hydrogen) atoms. The molecule has 0 rings (SSSR count). The Labute approximate surface area is 173 Å². The van der Waals surface area contributed by atoms with Crippen molar-refractivity contribution in [3.05, 3.63) is 0 Å². The van der Waals surface area contributed by atoms with Crippen molar-refractivity contribution in [2.24, 2.45) is 5.92 Å². The molecule has 1 N–H and O–H groups in total. The molecule has 0 heterocycles. The third-order valence-electron chi connectivity index (χ3n) is 5.42. The second-order valence-electron chi connectivity index (χ2n) is 8.18. The van der Waals surface area contributed by atoms with E-state index in [1.54, 1.807) is 0 Å². The van der Waals surface area contributed by atoms with Crippen molar-refractivity contribution < 1.29 is 19.4 Å². The molecule has 0 spiro atoms. The fourth-order valence-corrected chi connectivity index (χ4v) is 3.58. The lowest BCUT2D eigenvalue weighted by Crippen LogP contribution is -2.19. The Hall–Kier alpha value is -1.06. The first-order chi connectivity index (χ1) is 13.6. The van der Waals surface area contributed by atoms with E-state index in [1.807, 2.05) is 0 Å². The van der Waals surface area contributed by atoms with Crippen LogP contribution < -0.4 is 0 Å². The summed E-state index contributed by atoms with van der Waals surface area (Å²) in [5.74, 6) is -1.02. The second kappa shape index (κ2) is 20.7. The van der Waals surface area contributed by atoms with Gasteiger partial charge in [-0.15, -0.1) is 0 Å². The highest BCUT2D eigenvalue weighted by molar-refractivity contribution is 5.72. The van der Waals surface area contributed by atoms with Crippen LogP contribution in [0.4, 0.5) is 0 Å². The summed E-state index contributed by atoms with van der Waals surface area (Å²) in [6.07, 6.45) is 19.2. The molecule has 0 aliphatic rings. The zero-order chi connectivity index (χ0) is 20.9. The predicted molar refractivity (Wildman–Crippen MR) is 117 cm³/mol. The van der Waals surface area contributed by atoms with E-state index in [9.17, 15) is 9.59 Å². The van der Waals surface area contributed by atoms with E-state index in [-0.39, 0.29) is 18.3 Å². The van der Waals surface area contributed by atoms with Gasteiger partial charge in [0.2, 0.25) is 0 Å². The molecule has 166 valence electrons. The fourth-order valence-electron chi connectivity index (χ4n) is 3.58. The standard InChI is InChI=1S/C24H46O4/c1-3-5-7-9-11-13-15-18-22(19-17-20-23(25)26)24(27)28-21-16-14-12-10-8-6-4-2/h22H,3-21H2,1-2H3,(H,25,26). The van der Waals surface area contributed by atoms with Gasteiger partial charge in [-0.1, -0.05) is 97.3 Å². The number of ether oxygens (including phenoxy) is 1.